The molecule has 1 aliphatic rings. The van der Waals surface area contributed by atoms with Gasteiger partial charge in [0.25, 0.3) is 11.1 Å². The van der Waals surface area contributed by atoms with Crippen LogP contribution < -0.4 is 4.74 Å². The molecule has 1 amide bonds. The van der Waals surface area contributed by atoms with Crippen LogP contribution in [0.25, 0.3) is 21.1 Å². The maximum atomic E-state index is 12.8. The first-order valence-corrected chi connectivity index (χ1v) is 10.4. The van der Waals surface area contributed by atoms with E-state index in [9.17, 15) is 4.79 Å². The zero-order valence-electron chi connectivity index (χ0n) is 15.6. The number of nitrogens with one attached hydrogen (secondary N) is 1. The lowest BCUT2D eigenvalue weighted by atomic mass is 10.1. The van der Waals surface area contributed by atoms with E-state index in [2.05, 4.69) is 29.0 Å². The second-order valence-corrected chi connectivity index (χ2v) is 8.27. The van der Waals surface area contributed by atoms with Crippen molar-refractivity contribution in [1.82, 2.24) is 14.9 Å². The number of fused-ring (bicyclic) bond motifs is 2. The van der Waals surface area contributed by atoms with Crippen LogP contribution >= 0.6 is 11.3 Å². The zero-order chi connectivity index (χ0) is 19.1. The fourth-order valence-corrected chi connectivity index (χ4v) is 4.75. The molecule has 4 aromatic rings. The number of nitrogens with zero attached hydrogens (tertiary/aromatic N) is 2. The predicted molar refractivity (Wildman–Crippen MR) is 112 cm³/mol. The molecular weight excluding hydrogens is 370 g/mol. The number of carbonyl (C=O) groups is 1. The number of carbonyl (C=O) groups excluding carboxylic acids is 1. The number of benzene rings is 2. The quantitative estimate of drug-likeness (QED) is 0.547. The molecule has 3 heterocycles. The van der Waals surface area contributed by atoms with Crippen molar-refractivity contribution in [2.75, 3.05) is 13.1 Å². The number of piperidine rings is 1. The van der Waals surface area contributed by atoms with Crippen LogP contribution in [0.2, 0.25) is 0 Å². The van der Waals surface area contributed by atoms with Crippen LogP contribution in [0.3, 0.4) is 0 Å². The van der Waals surface area contributed by atoms with E-state index in [0.29, 0.717) is 18.8 Å². The number of ether oxygens (including phenoxy) is 1. The van der Waals surface area contributed by atoms with Gasteiger partial charge in [-0.3, -0.25) is 4.79 Å². The minimum absolute atomic E-state index is 0.0604. The fourth-order valence-electron chi connectivity index (χ4n) is 3.79. The molecule has 0 bridgehead atoms. The third-order valence-corrected chi connectivity index (χ3v) is 6.27. The molecule has 1 N–H and O–H groups in total. The van der Waals surface area contributed by atoms with Crippen molar-refractivity contribution < 1.29 is 9.53 Å². The van der Waals surface area contributed by atoms with Crippen molar-refractivity contribution in [1.29, 1.82) is 0 Å². The van der Waals surface area contributed by atoms with Gasteiger partial charge in [0.05, 0.1) is 10.2 Å². The number of hydrogen-bond donors (Lipinski definition) is 1. The Hall–Kier alpha value is -2.86. The first kappa shape index (κ1) is 17.3. The standard InChI is InChI=1S/C22H21N3O2S/c1-14-5-4-8-19-20(14)24-22(28-19)27-16-9-11-25(12-10-16)21(26)18-13-15-6-2-3-7-17(15)23-18/h2-8,13,16,23H,9-12H2,1H3. The molecule has 0 atom stereocenters. The molecule has 0 saturated carbocycles. The maximum Gasteiger partial charge on any atom is 0.274 e. The average molecular weight is 391 g/mol. The Morgan fingerprint density at radius 2 is 2.00 bits per heavy atom. The topological polar surface area (TPSA) is 58.2 Å². The van der Waals surface area contributed by atoms with Crippen molar-refractivity contribution in [3.63, 3.8) is 0 Å². The van der Waals surface area contributed by atoms with Crippen LogP contribution in [0, 0.1) is 6.92 Å². The molecule has 6 heteroatoms. The summed E-state index contributed by atoms with van der Waals surface area (Å²) in [5.41, 5.74) is 3.84. The summed E-state index contributed by atoms with van der Waals surface area (Å²) in [6, 6.07) is 16.1. The number of aryl methyl sites for hydroxylation is 1. The van der Waals surface area contributed by atoms with Crippen LogP contribution in [0.15, 0.2) is 48.5 Å². The first-order valence-electron chi connectivity index (χ1n) is 9.57. The molecule has 1 fully saturated rings. The lowest BCUT2D eigenvalue weighted by Gasteiger charge is -2.31. The lowest BCUT2D eigenvalue weighted by Crippen LogP contribution is -2.41. The number of aromatic nitrogens is 2. The molecule has 0 aliphatic carbocycles. The Morgan fingerprint density at radius 3 is 2.79 bits per heavy atom. The summed E-state index contributed by atoms with van der Waals surface area (Å²) in [7, 11) is 0. The molecule has 5 rings (SSSR count). The Bertz CT molecular complexity index is 1120. The summed E-state index contributed by atoms with van der Waals surface area (Å²) < 4.78 is 7.29. The zero-order valence-corrected chi connectivity index (χ0v) is 16.5. The highest BCUT2D eigenvalue weighted by molar-refractivity contribution is 7.20. The Kier molecular flexibility index (Phi) is 4.28. The number of thiazole rings is 1. The minimum atomic E-state index is 0.0604. The molecule has 142 valence electrons. The number of hydrogen-bond acceptors (Lipinski definition) is 4. The fraction of sp³-hybridized carbons (Fsp3) is 0.273. The van der Waals surface area contributed by atoms with E-state index >= 15 is 0 Å². The molecule has 0 spiro atoms. The smallest absolute Gasteiger partial charge is 0.274 e. The average Bonchev–Trinajstić information content (AvgIpc) is 3.32. The lowest BCUT2D eigenvalue weighted by molar-refractivity contribution is 0.0591. The molecule has 1 aliphatic heterocycles. The van der Waals surface area contributed by atoms with Gasteiger partial charge in [-0.05, 0) is 30.7 Å². The van der Waals surface area contributed by atoms with Gasteiger partial charge in [0.2, 0.25) is 0 Å². The summed E-state index contributed by atoms with van der Waals surface area (Å²) in [6.07, 6.45) is 1.74. The predicted octanol–water partition coefficient (Wildman–Crippen LogP) is 4.77. The van der Waals surface area contributed by atoms with Gasteiger partial charge in [-0.15, -0.1) is 0 Å². The van der Waals surface area contributed by atoms with Crippen molar-refractivity contribution in [3.8, 4) is 5.19 Å². The van der Waals surface area contributed by atoms with Gasteiger partial charge >= 0.3 is 0 Å². The number of H-pyrrole nitrogens is 1. The van der Waals surface area contributed by atoms with Crippen LogP contribution in [0.1, 0.15) is 28.9 Å². The molecule has 28 heavy (non-hydrogen) atoms. The number of aromatic amines is 1. The Labute approximate surface area is 167 Å². The molecule has 0 unspecified atom stereocenters. The molecule has 2 aromatic carbocycles. The van der Waals surface area contributed by atoms with Crippen molar-refractivity contribution in [2.24, 2.45) is 0 Å². The van der Waals surface area contributed by atoms with E-state index in [1.54, 1.807) is 11.3 Å². The van der Waals surface area contributed by atoms with Crippen molar-refractivity contribution in [2.45, 2.75) is 25.9 Å². The van der Waals surface area contributed by atoms with E-state index in [4.69, 9.17) is 4.74 Å². The minimum Gasteiger partial charge on any atom is -0.467 e. The van der Waals surface area contributed by atoms with Gasteiger partial charge in [-0.25, -0.2) is 4.98 Å². The molecule has 2 aromatic heterocycles. The highest BCUT2D eigenvalue weighted by Gasteiger charge is 2.26. The van der Waals surface area contributed by atoms with Gasteiger partial charge in [0.1, 0.15) is 11.8 Å². The Morgan fingerprint density at radius 1 is 1.18 bits per heavy atom. The Balaban J connectivity index is 1.24. The summed E-state index contributed by atoms with van der Waals surface area (Å²) >= 11 is 1.59. The number of para-hydroxylation sites is 2. The summed E-state index contributed by atoms with van der Waals surface area (Å²) in [5, 5.41) is 1.79. The number of likely N-dealkylation sites (tertiary alicyclic amines) is 1. The van der Waals surface area contributed by atoms with E-state index in [1.165, 1.54) is 5.56 Å². The van der Waals surface area contributed by atoms with E-state index in [0.717, 1.165) is 39.2 Å². The molecule has 1 saturated heterocycles. The van der Waals surface area contributed by atoms with Crippen molar-refractivity contribution in [3.05, 3.63) is 59.8 Å². The SMILES string of the molecule is Cc1cccc2sc(OC3CCN(C(=O)c4cc5ccccc5[nH]4)CC3)nc12. The molecule has 5 nitrogen and oxygen atoms in total. The van der Waals surface area contributed by atoms with E-state index < -0.39 is 0 Å². The summed E-state index contributed by atoms with van der Waals surface area (Å²) in [6.45, 7) is 3.46. The normalized spacial score (nSPS) is 15.4. The van der Waals surface area contributed by atoms with Crippen LogP contribution in [-0.4, -0.2) is 40.0 Å². The maximum absolute atomic E-state index is 12.8. The third kappa shape index (κ3) is 3.14. The largest absolute Gasteiger partial charge is 0.467 e. The molecule has 0 radical (unpaired) electrons. The van der Waals surface area contributed by atoms with Crippen molar-refractivity contribution >= 4 is 38.4 Å². The highest BCUT2D eigenvalue weighted by Crippen LogP contribution is 2.31. The number of amides is 1. The van der Waals surface area contributed by atoms with Gasteiger partial charge < -0.3 is 14.6 Å². The monoisotopic (exact) mass is 391 g/mol. The van der Waals surface area contributed by atoms with E-state index in [1.807, 2.05) is 41.3 Å². The molecular formula is C22H21N3O2S. The second kappa shape index (κ2) is 6.95. The van der Waals surface area contributed by atoms with Gasteiger partial charge in [-0.2, -0.15) is 0 Å². The first-order chi connectivity index (χ1) is 13.7. The van der Waals surface area contributed by atoms with E-state index in [-0.39, 0.29) is 12.0 Å². The third-order valence-electron chi connectivity index (χ3n) is 5.36. The van der Waals surface area contributed by atoms with Crippen LogP contribution in [0.4, 0.5) is 0 Å². The second-order valence-electron chi connectivity index (χ2n) is 7.28. The van der Waals surface area contributed by atoms with Gasteiger partial charge in [0, 0.05) is 36.8 Å². The highest BCUT2D eigenvalue weighted by atomic mass is 32.1. The summed E-state index contributed by atoms with van der Waals surface area (Å²) in [4.78, 5) is 22.6. The van der Waals surface area contributed by atoms with Crippen LogP contribution in [-0.2, 0) is 0 Å². The summed E-state index contributed by atoms with van der Waals surface area (Å²) in [5.74, 6) is 0.0604. The number of rotatable bonds is 3. The van der Waals surface area contributed by atoms with Crippen LogP contribution in [0.5, 0.6) is 5.19 Å². The van der Waals surface area contributed by atoms with Gasteiger partial charge in [0.15, 0.2) is 0 Å². The van der Waals surface area contributed by atoms with Gasteiger partial charge in [-0.1, -0.05) is 41.7 Å².